The third-order valence-electron chi connectivity index (χ3n) is 5.40. The summed E-state index contributed by atoms with van der Waals surface area (Å²) < 4.78 is 21.5. The Morgan fingerprint density at radius 3 is 2.80 bits per heavy atom. The largest absolute Gasteiger partial charge is 0.367 e. The van der Waals surface area contributed by atoms with Gasteiger partial charge in [-0.1, -0.05) is 24.3 Å². The zero-order valence-corrected chi connectivity index (χ0v) is 17.5. The van der Waals surface area contributed by atoms with E-state index in [0.29, 0.717) is 6.54 Å². The number of rotatable bonds is 5. The second-order valence-corrected chi connectivity index (χ2v) is 7.65. The van der Waals surface area contributed by atoms with Gasteiger partial charge in [0.15, 0.2) is 5.96 Å². The van der Waals surface area contributed by atoms with Crippen molar-refractivity contribution in [2.75, 3.05) is 26.7 Å². The molecule has 2 aromatic carbocycles. The summed E-state index contributed by atoms with van der Waals surface area (Å²) in [6.45, 7) is 5.21. The van der Waals surface area contributed by atoms with E-state index in [9.17, 15) is 4.39 Å². The number of hydrogen-bond donors (Lipinski definition) is 1. The van der Waals surface area contributed by atoms with E-state index in [-0.39, 0.29) is 18.0 Å². The molecule has 158 valence electrons. The molecular formula is C23H28FN5O. The highest BCUT2D eigenvalue weighted by Crippen LogP contribution is 2.25. The van der Waals surface area contributed by atoms with Crippen molar-refractivity contribution in [1.29, 1.82) is 0 Å². The summed E-state index contributed by atoms with van der Waals surface area (Å²) in [5.74, 6) is 0.635. The van der Waals surface area contributed by atoms with Crippen molar-refractivity contribution in [3.05, 3.63) is 66.2 Å². The van der Waals surface area contributed by atoms with E-state index in [1.165, 1.54) is 12.1 Å². The third kappa shape index (κ3) is 4.62. The van der Waals surface area contributed by atoms with Gasteiger partial charge in [-0.3, -0.25) is 4.99 Å². The lowest BCUT2D eigenvalue weighted by Crippen LogP contribution is -2.50. The monoisotopic (exact) mass is 409 g/mol. The van der Waals surface area contributed by atoms with Gasteiger partial charge in [-0.15, -0.1) is 0 Å². The van der Waals surface area contributed by atoms with Crippen molar-refractivity contribution in [3.8, 4) is 0 Å². The summed E-state index contributed by atoms with van der Waals surface area (Å²) in [5.41, 5.74) is 3.16. The van der Waals surface area contributed by atoms with Crippen LogP contribution < -0.4 is 5.32 Å². The first-order valence-electron chi connectivity index (χ1n) is 10.4. The van der Waals surface area contributed by atoms with Crippen LogP contribution in [0.15, 0.2) is 59.9 Å². The fraction of sp³-hybridized carbons (Fsp3) is 0.391. The molecule has 30 heavy (non-hydrogen) atoms. The quantitative estimate of drug-likeness (QED) is 0.397. The predicted molar refractivity (Wildman–Crippen MR) is 117 cm³/mol. The van der Waals surface area contributed by atoms with Gasteiger partial charge in [-0.2, -0.15) is 0 Å². The molecule has 2 heterocycles. The number of ether oxygens (including phenoxy) is 1. The number of guanidine groups is 1. The molecule has 1 fully saturated rings. The number of halogens is 1. The minimum Gasteiger partial charge on any atom is -0.367 e. The van der Waals surface area contributed by atoms with Crippen LogP contribution in [0.4, 0.5) is 4.39 Å². The lowest BCUT2D eigenvalue weighted by Gasteiger charge is -2.38. The molecule has 0 bridgehead atoms. The van der Waals surface area contributed by atoms with E-state index < -0.39 is 0 Å². The third-order valence-corrected chi connectivity index (χ3v) is 5.40. The highest BCUT2D eigenvalue weighted by atomic mass is 19.1. The Morgan fingerprint density at radius 2 is 2.00 bits per heavy atom. The smallest absolute Gasteiger partial charge is 0.193 e. The minimum atomic E-state index is -0.234. The number of aliphatic imine (C=N–C) groups is 1. The van der Waals surface area contributed by atoms with E-state index in [0.717, 1.165) is 48.6 Å². The van der Waals surface area contributed by atoms with Gasteiger partial charge in [0.1, 0.15) is 11.9 Å². The van der Waals surface area contributed by atoms with Gasteiger partial charge in [0, 0.05) is 26.7 Å². The molecule has 4 rings (SSSR count). The number of nitrogens with zero attached hydrogens (tertiary/aromatic N) is 4. The van der Waals surface area contributed by atoms with Crippen molar-refractivity contribution in [1.82, 2.24) is 19.8 Å². The van der Waals surface area contributed by atoms with Gasteiger partial charge >= 0.3 is 0 Å². The maximum atomic E-state index is 13.3. The Kier molecular flexibility index (Phi) is 6.28. The maximum absolute atomic E-state index is 13.3. The van der Waals surface area contributed by atoms with Gasteiger partial charge in [0.05, 0.1) is 30.0 Å². The fourth-order valence-electron chi connectivity index (χ4n) is 3.96. The number of aryl methyl sites for hydroxylation is 1. The number of morpholine rings is 1. The van der Waals surface area contributed by atoms with E-state index in [4.69, 9.17) is 4.74 Å². The summed E-state index contributed by atoms with van der Waals surface area (Å²) in [5, 5.41) is 3.48. The molecule has 1 saturated heterocycles. The summed E-state index contributed by atoms with van der Waals surface area (Å²) in [6, 6.07) is 14.7. The molecule has 0 spiro atoms. The van der Waals surface area contributed by atoms with Crippen LogP contribution in [0.3, 0.4) is 0 Å². The average Bonchev–Trinajstić information content (AvgIpc) is 3.17. The van der Waals surface area contributed by atoms with E-state index in [1.54, 1.807) is 19.2 Å². The van der Waals surface area contributed by atoms with Crippen LogP contribution in [0.5, 0.6) is 0 Å². The first kappa shape index (κ1) is 20.3. The van der Waals surface area contributed by atoms with Crippen LogP contribution in [-0.2, 0) is 11.3 Å². The van der Waals surface area contributed by atoms with Gasteiger partial charge in [0.25, 0.3) is 0 Å². The maximum Gasteiger partial charge on any atom is 0.193 e. The van der Waals surface area contributed by atoms with E-state index >= 15 is 0 Å². The Balaban J connectivity index is 1.33. The normalized spacial score (nSPS) is 20.0. The molecule has 1 aromatic heterocycles. The van der Waals surface area contributed by atoms with Gasteiger partial charge in [-0.25, -0.2) is 9.37 Å². The molecule has 0 radical (unpaired) electrons. The standard InChI is InChI=1S/C23H28FN5O/c1-17-14-29(15-22(30-17)18-8-10-19(24)11-9-18)23(25-2)26-12-5-13-28-16-27-20-6-3-4-7-21(20)28/h3-4,6-11,16-17,22H,5,12-15H2,1-2H3,(H,25,26). The van der Waals surface area contributed by atoms with E-state index in [2.05, 4.69) is 37.8 Å². The lowest BCUT2D eigenvalue weighted by atomic mass is 10.1. The first-order chi connectivity index (χ1) is 14.6. The van der Waals surface area contributed by atoms with Crippen molar-refractivity contribution in [2.45, 2.75) is 32.1 Å². The lowest BCUT2D eigenvalue weighted by molar-refractivity contribution is -0.0605. The molecule has 6 nitrogen and oxygen atoms in total. The molecule has 0 saturated carbocycles. The van der Waals surface area contributed by atoms with Crippen LogP contribution in [0.1, 0.15) is 25.0 Å². The molecule has 1 aliphatic heterocycles. The molecule has 3 aromatic rings. The molecule has 2 atom stereocenters. The number of benzene rings is 2. The summed E-state index contributed by atoms with van der Waals surface area (Å²) in [4.78, 5) is 11.1. The highest BCUT2D eigenvalue weighted by Gasteiger charge is 2.28. The molecule has 0 aliphatic carbocycles. The second kappa shape index (κ2) is 9.26. The average molecular weight is 410 g/mol. The summed E-state index contributed by atoms with van der Waals surface area (Å²) in [6.07, 6.45) is 2.81. The topological polar surface area (TPSA) is 54.7 Å². The fourth-order valence-corrected chi connectivity index (χ4v) is 3.96. The van der Waals surface area contributed by atoms with E-state index in [1.807, 2.05) is 24.5 Å². The molecule has 2 unspecified atom stereocenters. The van der Waals surface area contributed by atoms with Gasteiger partial charge in [0.2, 0.25) is 0 Å². The second-order valence-electron chi connectivity index (χ2n) is 7.65. The SMILES string of the molecule is CN=C(NCCCn1cnc2ccccc21)N1CC(C)OC(c2ccc(F)cc2)C1. The number of imidazole rings is 1. The minimum absolute atomic E-state index is 0.0599. The van der Waals surface area contributed by atoms with Crippen LogP contribution in [-0.4, -0.2) is 53.2 Å². The van der Waals surface area contributed by atoms with Crippen LogP contribution in [0.25, 0.3) is 11.0 Å². The Bertz CT molecular complexity index is 1000. The van der Waals surface area contributed by atoms with Crippen molar-refractivity contribution in [3.63, 3.8) is 0 Å². The molecule has 1 aliphatic rings. The molecular weight excluding hydrogens is 381 g/mol. The van der Waals surface area contributed by atoms with Crippen LogP contribution >= 0.6 is 0 Å². The number of nitrogens with one attached hydrogen (secondary N) is 1. The van der Waals surface area contributed by atoms with Crippen molar-refractivity contribution >= 4 is 17.0 Å². The zero-order valence-electron chi connectivity index (χ0n) is 17.5. The Morgan fingerprint density at radius 1 is 1.20 bits per heavy atom. The van der Waals surface area contributed by atoms with Crippen molar-refractivity contribution < 1.29 is 9.13 Å². The number of fused-ring (bicyclic) bond motifs is 1. The Labute approximate surface area is 176 Å². The van der Waals surface area contributed by atoms with Crippen LogP contribution in [0, 0.1) is 5.82 Å². The Hall–Kier alpha value is -2.93. The summed E-state index contributed by atoms with van der Waals surface area (Å²) >= 11 is 0. The predicted octanol–water partition coefficient (Wildman–Crippen LogP) is 3.60. The zero-order chi connectivity index (χ0) is 20.9. The van der Waals surface area contributed by atoms with Crippen LogP contribution in [0.2, 0.25) is 0 Å². The van der Waals surface area contributed by atoms with Gasteiger partial charge in [-0.05, 0) is 43.2 Å². The molecule has 7 heteroatoms. The number of para-hydroxylation sites is 2. The molecule has 0 amide bonds. The molecule has 1 N–H and O–H groups in total. The van der Waals surface area contributed by atoms with Gasteiger partial charge < -0.3 is 19.5 Å². The highest BCUT2D eigenvalue weighted by molar-refractivity contribution is 5.80. The number of hydrogen-bond acceptors (Lipinski definition) is 3. The summed E-state index contributed by atoms with van der Waals surface area (Å²) in [7, 11) is 1.80. The first-order valence-corrected chi connectivity index (χ1v) is 10.4. The number of aromatic nitrogens is 2. The van der Waals surface area contributed by atoms with Crippen molar-refractivity contribution in [2.24, 2.45) is 4.99 Å².